The van der Waals surface area contributed by atoms with Crippen molar-refractivity contribution in [3.63, 3.8) is 0 Å². The number of anilines is 1. The lowest BCUT2D eigenvalue weighted by Gasteiger charge is -2.29. The molecular weight excluding hydrogens is 375 g/mol. The van der Waals surface area contributed by atoms with E-state index in [1.54, 1.807) is 0 Å². The molecular formula is C17H19ClF3NO4. The number of carboxylic acids is 1. The van der Waals surface area contributed by atoms with Gasteiger partial charge in [-0.3, -0.25) is 4.79 Å². The van der Waals surface area contributed by atoms with Crippen LogP contribution in [0.5, 0.6) is 5.75 Å². The number of carbonyl (C=O) groups excluding carboxylic acids is 1. The van der Waals surface area contributed by atoms with E-state index >= 15 is 0 Å². The molecule has 144 valence electrons. The van der Waals surface area contributed by atoms with Gasteiger partial charge in [0.2, 0.25) is 5.91 Å². The number of aliphatic carboxylic acids is 1. The van der Waals surface area contributed by atoms with Crippen LogP contribution >= 0.6 is 11.6 Å². The summed E-state index contributed by atoms with van der Waals surface area (Å²) in [6.07, 6.45) is -3.14. The van der Waals surface area contributed by atoms with Crippen molar-refractivity contribution in [3.8, 4) is 5.75 Å². The molecule has 1 aliphatic carbocycles. The molecule has 9 heteroatoms. The van der Waals surface area contributed by atoms with Crippen LogP contribution in [0.25, 0.3) is 0 Å². The second kappa shape index (κ2) is 8.62. The number of rotatable bonds is 6. The molecule has 0 unspecified atom stereocenters. The monoisotopic (exact) mass is 393 g/mol. The van der Waals surface area contributed by atoms with Crippen molar-refractivity contribution in [2.75, 3.05) is 11.9 Å². The van der Waals surface area contributed by atoms with E-state index in [4.69, 9.17) is 21.4 Å². The van der Waals surface area contributed by atoms with Crippen LogP contribution in [-0.2, 0) is 9.59 Å². The molecule has 0 aromatic heterocycles. The first kappa shape index (κ1) is 20.4. The number of alkyl halides is 3. The molecule has 1 aliphatic rings. The van der Waals surface area contributed by atoms with Gasteiger partial charge in [-0.2, -0.15) is 13.2 Å². The standard InChI is InChI=1S/C17H19ClF3NO4/c18-13-8-12(5-6-14(13)26-9-16(24)25)22-15(23)7-10-1-3-11(4-2-10)17(19,20)21/h5-6,8,10-11H,1-4,7,9H2,(H,22,23)(H,24,25). The first-order valence-corrected chi connectivity index (χ1v) is 8.53. The zero-order chi connectivity index (χ0) is 19.3. The fraction of sp³-hybridized carbons (Fsp3) is 0.529. The van der Waals surface area contributed by atoms with Crippen LogP contribution in [0.3, 0.4) is 0 Å². The van der Waals surface area contributed by atoms with Gasteiger partial charge >= 0.3 is 12.1 Å². The molecule has 0 saturated heterocycles. The average Bonchev–Trinajstić information content (AvgIpc) is 2.53. The Morgan fingerprint density at radius 3 is 2.42 bits per heavy atom. The number of nitrogens with one attached hydrogen (secondary N) is 1. The molecule has 0 bridgehead atoms. The summed E-state index contributed by atoms with van der Waals surface area (Å²) in [6, 6.07) is 4.38. The fourth-order valence-corrected chi connectivity index (χ4v) is 3.24. The number of halogens is 4. The Bertz CT molecular complexity index is 658. The summed E-state index contributed by atoms with van der Waals surface area (Å²) in [4.78, 5) is 22.6. The molecule has 0 heterocycles. The van der Waals surface area contributed by atoms with Crippen LogP contribution in [0.15, 0.2) is 18.2 Å². The lowest BCUT2D eigenvalue weighted by Crippen LogP contribution is -2.29. The van der Waals surface area contributed by atoms with Crippen molar-refractivity contribution in [3.05, 3.63) is 23.2 Å². The van der Waals surface area contributed by atoms with Crippen molar-refractivity contribution in [1.82, 2.24) is 0 Å². The number of carboxylic acid groups (broad SMARTS) is 1. The maximum absolute atomic E-state index is 12.7. The molecule has 0 aliphatic heterocycles. The highest BCUT2D eigenvalue weighted by atomic mass is 35.5. The highest BCUT2D eigenvalue weighted by molar-refractivity contribution is 6.32. The quantitative estimate of drug-likeness (QED) is 0.746. The molecule has 0 radical (unpaired) electrons. The first-order chi connectivity index (χ1) is 12.1. The summed E-state index contributed by atoms with van der Waals surface area (Å²) < 4.78 is 42.9. The predicted octanol–water partition coefficient (Wildman–Crippen LogP) is 4.50. The third-order valence-electron chi connectivity index (χ3n) is 4.35. The SMILES string of the molecule is O=C(O)COc1ccc(NC(=O)CC2CCC(C(F)(F)F)CC2)cc1Cl. The van der Waals surface area contributed by atoms with Gasteiger partial charge in [0, 0.05) is 12.1 Å². The predicted molar refractivity (Wildman–Crippen MR) is 89.3 cm³/mol. The van der Waals surface area contributed by atoms with Gasteiger partial charge in [-0.15, -0.1) is 0 Å². The van der Waals surface area contributed by atoms with E-state index in [0.717, 1.165) is 0 Å². The van der Waals surface area contributed by atoms with Gasteiger partial charge in [0.05, 0.1) is 10.9 Å². The molecule has 2 rings (SSSR count). The van der Waals surface area contributed by atoms with Crippen molar-refractivity contribution in [2.24, 2.45) is 11.8 Å². The number of ether oxygens (including phenoxy) is 1. The Kier molecular flexibility index (Phi) is 6.75. The fourth-order valence-electron chi connectivity index (χ4n) is 3.00. The maximum atomic E-state index is 12.7. The molecule has 26 heavy (non-hydrogen) atoms. The van der Waals surface area contributed by atoms with Crippen molar-refractivity contribution in [1.29, 1.82) is 0 Å². The Morgan fingerprint density at radius 2 is 1.88 bits per heavy atom. The van der Waals surface area contributed by atoms with E-state index in [-0.39, 0.29) is 41.9 Å². The molecule has 1 aromatic rings. The van der Waals surface area contributed by atoms with E-state index in [1.807, 2.05) is 0 Å². The highest BCUT2D eigenvalue weighted by Crippen LogP contribution is 2.40. The van der Waals surface area contributed by atoms with Gasteiger partial charge in [0.25, 0.3) is 0 Å². The first-order valence-electron chi connectivity index (χ1n) is 8.16. The number of benzene rings is 1. The number of hydrogen-bond donors (Lipinski definition) is 2. The van der Waals surface area contributed by atoms with Gasteiger partial charge in [-0.1, -0.05) is 11.6 Å². The summed E-state index contributed by atoms with van der Waals surface area (Å²) in [5, 5.41) is 11.4. The Hall–Kier alpha value is -1.96. The van der Waals surface area contributed by atoms with Gasteiger partial charge < -0.3 is 15.2 Å². The Balaban J connectivity index is 1.83. The topological polar surface area (TPSA) is 75.6 Å². The van der Waals surface area contributed by atoms with Crippen LogP contribution in [0.2, 0.25) is 5.02 Å². The second-order valence-electron chi connectivity index (χ2n) is 6.34. The van der Waals surface area contributed by atoms with Gasteiger partial charge in [0.15, 0.2) is 6.61 Å². The molecule has 1 aromatic carbocycles. The van der Waals surface area contributed by atoms with E-state index in [9.17, 15) is 22.8 Å². The lowest BCUT2D eigenvalue weighted by molar-refractivity contribution is -0.184. The Labute approximate surface area is 153 Å². The van der Waals surface area contributed by atoms with Crippen LogP contribution in [0.4, 0.5) is 18.9 Å². The third kappa shape index (κ3) is 6.09. The maximum Gasteiger partial charge on any atom is 0.391 e. The van der Waals surface area contributed by atoms with Gasteiger partial charge in [0.1, 0.15) is 5.75 Å². The number of amides is 1. The third-order valence-corrected chi connectivity index (χ3v) is 4.65. The van der Waals surface area contributed by atoms with Crippen molar-refractivity contribution in [2.45, 2.75) is 38.3 Å². The van der Waals surface area contributed by atoms with Crippen LogP contribution < -0.4 is 10.1 Å². The smallest absolute Gasteiger partial charge is 0.391 e. The largest absolute Gasteiger partial charge is 0.480 e. The molecule has 1 amide bonds. The van der Waals surface area contributed by atoms with Gasteiger partial charge in [-0.05, 0) is 49.8 Å². The van der Waals surface area contributed by atoms with E-state index in [0.29, 0.717) is 18.5 Å². The molecule has 1 fully saturated rings. The lowest BCUT2D eigenvalue weighted by atomic mass is 9.80. The summed E-state index contributed by atoms with van der Waals surface area (Å²) >= 11 is 5.97. The molecule has 0 atom stereocenters. The Morgan fingerprint density at radius 1 is 1.23 bits per heavy atom. The van der Waals surface area contributed by atoms with Crippen molar-refractivity contribution < 1.29 is 32.6 Å². The van der Waals surface area contributed by atoms with Crippen molar-refractivity contribution >= 4 is 29.2 Å². The second-order valence-corrected chi connectivity index (χ2v) is 6.75. The minimum absolute atomic E-state index is 0.0584. The zero-order valence-electron chi connectivity index (χ0n) is 13.8. The minimum atomic E-state index is -4.16. The average molecular weight is 394 g/mol. The van der Waals surface area contributed by atoms with E-state index < -0.39 is 24.7 Å². The van der Waals surface area contributed by atoms with E-state index in [1.165, 1.54) is 18.2 Å². The van der Waals surface area contributed by atoms with Crippen LogP contribution in [0.1, 0.15) is 32.1 Å². The summed E-state index contributed by atoms with van der Waals surface area (Å²) in [7, 11) is 0. The zero-order valence-corrected chi connectivity index (χ0v) is 14.6. The molecule has 2 N–H and O–H groups in total. The highest BCUT2D eigenvalue weighted by Gasteiger charge is 2.41. The molecule has 1 saturated carbocycles. The van der Waals surface area contributed by atoms with E-state index in [2.05, 4.69) is 5.32 Å². The summed E-state index contributed by atoms with van der Waals surface area (Å²) in [6.45, 7) is -0.536. The van der Waals surface area contributed by atoms with Gasteiger partial charge in [-0.25, -0.2) is 4.79 Å². The molecule has 0 spiro atoms. The number of hydrogen-bond acceptors (Lipinski definition) is 3. The summed E-state index contributed by atoms with van der Waals surface area (Å²) in [5.74, 6) is -2.59. The van der Waals surface area contributed by atoms with Crippen LogP contribution in [-0.4, -0.2) is 29.8 Å². The number of carbonyl (C=O) groups is 2. The molecule has 5 nitrogen and oxygen atoms in total. The minimum Gasteiger partial charge on any atom is -0.480 e. The van der Waals surface area contributed by atoms with Crippen LogP contribution in [0, 0.1) is 11.8 Å². The normalized spacial score (nSPS) is 20.5. The summed E-state index contributed by atoms with van der Waals surface area (Å²) in [5.41, 5.74) is 0.409.